The zero-order chi connectivity index (χ0) is 17.9. The molecule has 0 fully saturated rings. The third-order valence-electron chi connectivity index (χ3n) is 2.86. The molecule has 9 heteroatoms. The molecule has 0 bridgehead atoms. The van der Waals surface area contributed by atoms with E-state index in [0.717, 1.165) is 23.5 Å². The van der Waals surface area contributed by atoms with Crippen molar-refractivity contribution in [3.05, 3.63) is 35.8 Å². The lowest BCUT2D eigenvalue weighted by atomic mass is 10.1. The van der Waals surface area contributed by atoms with Gasteiger partial charge in [-0.05, 0) is 40.7 Å². The number of benzene rings is 1. The number of halogens is 1. The van der Waals surface area contributed by atoms with Crippen LogP contribution in [0.4, 0.5) is 9.52 Å². The minimum Gasteiger partial charge on any atom is -0.611 e. The molecule has 1 aromatic carbocycles. The number of ether oxygens (including phenoxy) is 1. The minimum atomic E-state index is -1.21. The van der Waals surface area contributed by atoms with E-state index < -0.39 is 34.8 Å². The van der Waals surface area contributed by atoms with Crippen LogP contribution >= 0.6 is 11.3 Å². The number of thiazole rings is 1. The molecule has 1 aromatic heterocycles. The Hall–Kier alpha value is -1.97. The Kier molecular flexibility index (Phi) is 5.92. The molecule has 2 aromatic rings. The second kappa shape index (κ2) is 7.73. The zero-order valence-electron chi connectivity index (χ0n) is 13.2. The molecule has 0 saturated carbocycles. The van der Waals surface area contributed by atoms with Crippen LogP contribution in [0.15, 0.2) is 28.6 Å². The molecular formula is C15H15FN2O4S2. The van der Waals surface area contributed by atoms with E-state index in [1.807, 2.05) is 0 Å². The van der Waals surface area contributed by atoms with Crippen molar-refractivity contribution < 1.29 is 23.3 Å². The van der Waals surface area contributed by atoms with Gasteiger partial charge in [0.2, 0.25) is 4.21 Å². The number of rotatable bonds is 5. The first kappa shape index (κ1) is 18.4. The number of anilines is 1. The van der Waals surface area contributed by atoms with Gasteiger partial charge in [-0.15, -0.1) is 0 Å². The third kappa shape index (κ3) is 4.53. The lowest BCUT2D eigenvalue weighted by Gasteiger charge is -2.11. The van der Waals surface area contributed by atoms with Crippen LogP contribution < -0.4 is 10.1 Å². The topological polar surface area (TPSA) is 91.4 Å². The molecule has 24 heavy (non-hydrogen) atoms. The molecule has 0 saturated heterocycles. The normalized spacial score (nSPS) is 12.1. The fourth-order valence-electron chi connectivity index (χ4n) is 1.61. The Morgan fingerprint density at radius 1 is 1.42 bits per heavy atom. The van der Waals surface area contributed by atoms with Gasteiger partial charge in [0.1, 0.15) is 17.8 Å². The van der Waals surface area contributed by atoms with Crippen molar-refractivity contribution >= 4 is 39.5 Å². The molecule has 1 atom stereocenters. The molecule has 0 radical (unpaired) electrons. The Balaban J connectivity index is 2.23. The number of esters is 1. The molecule has 1 heterocycles. The number of nitrogens with one attached hydrogen (secondary N) is 1. The van der Waals surface area contributed by atoms with Gasteiger partial charge in [0.15, 0.2) is 5.13 Å². The van der Waals surface area contributed by atoms with Crippen molar-refractivity contribution in [1.82, 2.24) is 4.98 Å². The molecule has 1 N–H and O–H groups in total. The first-order valence-electron chi connectivity index (χ1n) is 6.89. The van der Waals surface area contributed by atoms with Crippen LogP contribution in [0.3, 0.4) is 0 Å². The standard InChI is InChI=1S/C15H15FN2O4S2/c1-8(2)14(20)22-11-5-4-9(16)6-10(11)13(19)18-15-17-7-12(23-15)24(3)21/h4-8H,1-3H3,(H,17,18,19). The number of carbonyl (C=O) groups excluding carboxylic acids is 2. The highest BCUT2D eigenvalue weighted by Crippen LogP contribution is 2.26. The molecule has 2 rings (SSSR count). The Morgan fingerprint density at radius 3 is 2.71 bits per heavy atom. The van der Waals surface area contributed by atoms with Crippen molar-refractivity contribution in [2.75, 3.05) is 11.6 Å². The average molecular weight is 370 g/mol. The van der Waals surface area contributed by atoms with Crippen LogP contribution in [0.1, 0.15) is 24.2 Å². The van der Waals surface area contributed by atoms with E-state index in [9.17, 15) is 18.5 Å². The largest absolute Gasteiger partial charge is 0.611 e. The van der Waals surface area contributed by atoms with Crippen molar-refractivity contribution in [3.8, 4) is 5.75 Å². The Bertz CT molecular complexity index is 762. The maximum absolute atomic E-state index is 13.5. The lowest BCUT2D eigenvalue weighted by Crippen LogP contribution is -2.19. The SMILES string of the molecule is CC(C)C(=O)Oc1ccc(F)cc1C(=O)Nc1ncc([S+](C)[O-])s1. The quantitative estimate of drug-likeness (QED) is 0.496. The highest BCUT2D eigenvalue weighted by Gasteiger charge is 2.20. The maximum atomic E-state index is 13.5. The van der Waals surface area contributed by atoms with Crippen LogP contribution in [0.25, 0.3) is 0 Å². The number of hydrogen-bond donors (Lipinski definition) is 1. The maximum Gasteiger partial charge on any atom is 0.313 e. The van der Waals surface area contributed by atoms with Gasteiger partial charge in [-0.25, -0.2) is 9.37 Å². The first-order chi connectivity index (χ1) is 11.3. The van der Waals surface area contributed by atoms with Crippen LogP contribution in [0.5, 0.6) is 5.75 Å². The van der Waals surface area contributed by atoms with Gasteiger partial charge >= 0.3 is 5.97 Å². The van der Waals surface area contributed by atoms with E-state index in [-0.39, 0.29) is 16.4 Å². The molecule has 6 nitrogen and oxygen atoms in total. The predicted octanol–water partition coefficient (Wildman–Crippen LogP) is 2.83. The van der Waals surface area contributed by atoms with Crippen molar-refractivity contribution in [1.29, 1.82) is 0 Å². The predicted molar refractivity (Wildman–Crippen MR) is 89.3 cm³/mol. The molecule has 0 spiro atoms. The summed E-state index contributed by atoms with van der Waals surface area (Å²) < 4.78 is 30.5. The second-order valence-corrected chi connectivity index (χ2v) is 7.75. The highest BCUT2D eigenvalue weighted by atomic mass is 32.2. The van der Waals surface area contributed by atoms with Gasteiger partial charge in [0.25, 0.3) is 5.91 Å². The number of aromatic nitrogens is 1. The zero-order valence-corrected chi connectivity index (χ0v) is 14.8. The molecular weight excluding hydrogens is 355 g/mol. The number of amides is 1. The summed E-state index contributed by atoms with van der Waals surface area (Å²) in [6.07, 6.45) is 2.89. The molecule has 0 aliphatic rings. The Labute approximate surface area is 145 Å². The highest BCUT2D eigenvalue weighted by molar-refractivity contribution is 7.92. The smallest absolute Gasteiger partial charge is 0.313 e. The van der Waals surface area contributed by atoms with E-state index in [4.69, 9.17) is 4.74 Å². The monoisotopic (exact) mass is 370 g/mol. The molecule has 1 amide bonds. The van der Waals surface area contributed by atoms with Crippen molar-refractivity contribution in [2.24, 2.45) is 5.92 Å². The summed E-state index contributed by atoms with van der Waals surface area (Å²) in [5.41, 5.74) is -0.127. The molecule has 0 aliphatic carbocycles. The number of hydrogen-bond acceptors (Lipinski definition) is 6. The van der Waals surface area contributed by atoms with E-state index in [1.54, 1.807) is 13.8 Å². The summed E-state index contributed by atoms with van der Waals surface area (Å²) in [4.78, 5) is 28.0. The molecule has 0 aliphatic heterocycles. The summed E-state index contributed by atoms with van der Waals surface area (Å²) in [6.45, 7) is 3.29. The van der Waals surface area contributed by atoms with E-state index >= 15 is 0 Å². The van der Waals surface area contributed by atoms with Crippen molar-refractivity contribution in [2.45, 2.75) is 18.1 Å². The summed E-state index contributed by atoms with van der Waals surface area (Å²) in [5, 5.41) is 2.70. The van der Waals surface area contributed by atoms with E-state index in [2.05, 4.69) is 10.3 Å². The van der Waals surface area contributed by atoms with E-state index in [1.165, 1.54) is 18.5 Å². The van der Waals surface area contributed by atoms with Gasteiger partial charge in [-0.3, -0.25) is 14.9 Å². The van der Waals surface area contributed by atoms with Crippen LogP contribution in [0, 0.1) is 11.7 Å². The van der Waals surface area contributed by atoms with Crippen molar-refractivity contribution in [3.63, 3.8) is 0 Å². The fraction of sp³-hybridized carbons (Fsp3) is 0.267. The molecule has 128 valence electrons. The lowest BCUT2D eigenvalue weighted by molar-refractivity contribution is -0.137. The summed E-state index contributed by atoms with van der Waals surface area (Å²) in [5.74, 6) is -2.29. The first-order valence-corrected chi connectivity index (χ1v) is 9.27. The van der Waals surface area contributed by atoms with Crippen LogP contribution in [0.2, 0.25) is 0 Å². The summed E-state index contributed by atoms with van der Waals surface area (Å²) in [7, 11) is 0. The van der Waals surface area contributed by atoms with Gasteiger partial charge in [0, 0.05) is 0 Å². The second-order valence-electron chi connectivity index (χ2n) is 5.11. The molecule has 1 unspecified atom stereocenters. The van der Waals surface area contributed by atoms with Gasteiger partial charge in [0.05, 0.1) is 17.7 Å². The van der Waals surface area contributed by atoms with Gasteiger partial charge in [-0.2, -0.15) is 0 Å². The van der Waals surface area contributed by atoms with Crippen LogP contribution in [-0.2, 0) is 16.0 Å². The average Bonchev–Trinajstić information content (AvgIpc) is 2.97. The summed E-state index contributed by atoms with van der Waals surface area (Å²) >= 11 is -0.165. The Morgan fingerprint density at radius 2 is 2.12 bits per heavy atom. The summed E-state index contributed by atoms with van der Waals surface area (Å²) in [6, 6.07) is 3.30. The van der Waals surface area contributed by atoms with E-state index in [0.29, 0.717) is 4.21 Å². The van der Waals surface area contributed by atoms with Gasteiger partial charge < -0.3 is 9.29 Å². The fourth-order valence-corrected chi connectivity index (χ4v) is 3.06. The number of carbonyl (C=O) groups is 2. The van der Waals surface area contributed by atoms with Crippen LogP contribution in [-0.4, -0.2) is 27.7 Å². The number of nitrogens with zero attached hydrogens (tertiary/aromatic N) is 1. The minimum absolute atomic E-state index is 0.0385. The third-order valence-corrected chi connectivity index (χ3v) is 5.19. The van der Waals surface area contributed by atoms with Gasteiger partial charge in [-0.1, -0.05) is 13.8 Å².